The highest BCUT2D eigenvalue weighted by Crippen LogP contribution is 2.16. The van der Waals surface area contributed by atoms with E-state index >= 15 is 0 Å². The Hall–Kier alpha value is -2.16. The maximum atomic E-state index is 9.59. The molecule has 0 unspecified atom stereocenters. The van der Waals surface area contributed by atoms with E-state index in [9.17, 15) is 5.11 Å². The Morgan fingerprint density at radius 2 is 1.94 bits per heavy atom. The summed E-state index contributed by atoms with van der Waals surface area (Å²) in [5, 5.41) is 9.59. The molecule has 0 aliphatic rings. The van der Waals surface area contributed by atoms with Crippen molar-refractivity contribution >= 4 is 12.0 Å². The predicted molar refractivity (Wildman–Crippen MR) is 69.1 cm³/mol. The van der Waals surface area contributed by atoms with Crippen LogP contribution in [0.1, 0.15) is 16.8 Å². The summed E-state index contributed by atoms with van der Waals surface area (Å²) in [6.07, 6.45) is 1.62. The van der Waals surface area contributed by atoms with Gasteiger partial charge in [0.05, 0.1) is 0 Å². The fraction of sp³-hybridized carbons (Fsp3) is 0.143. The largest absolute Gasteiger partial charge is 0.507 e. The van der Waals surface area contributed by atoms with Gasteiger partial charge in [-0.1, -0.05) is 12.1 Å². The van der Waals surface area contributed by atoms with Gasteiger partial charge in [-0.2, -0.15) is 0 Å². The SMILES string of the molecule is Cc1cc(C)nc(/N=C/c2ccccc2O)c1. The van der Waals surface area contributed by atoms with E-state index in [1.165, 1.54) is 0 Å². The van der Waals surface area contributed by atoms with Gasteiger partial charge in [0.25, 0.3) is 0 Å². The van der Waals surface area contributed by atoms with Crippen LogP contribution in [0.3, 0.4) is 0 Å². The standard InChI is InChI=1S/C14H14N2O/c1-10-7-11(2)16-14(8-10)15-9-12-5-3-4-6-13(12)17/h3-9,17H,1-2H3/b15-9+. The maximum Gasteiger partial charge on any atom is 0.152 e. The van der Waals surface area contributed by atoms with Crippen LogP contribution in [0.4, 0.5) is 5.82 Å². The van der Waals surface area contributed by atoms with Gasteiger partial charge in [0.2, 0.25) is 0 Å². The summed E-state index contributed by atoms with van der Waals surface area (Å²) < 4.78 is 0. The first-order chi connectivity index (χ1) is 8.15. The Labute approximate surface area is 100 Å². The van der Waals surface area contributed by atoms with Crippen LogP contribution in [0.5, 0.6) is 5.75 Å². The van der Waals surface area contributed by atoms with Gasteiger partial charge in [-0.25, -0.2) is 9.98 Å². The zero-order valence-corrected chi connectivity index (χ0v) is 9.88. The smallest absolute Gasteiger partial charge is 0.152 e. The van der Waals surface area contributed by atoms with Gasteiger partial charge >= 0.3 is 0 Å². The van der Waals surface area contributed by atoms with Gasteiger partial charge in [0.15, 0.2) is 5.82 Å². The minimum atomic E-state index is 0.223. The van der Waals surface area contributed by atoms with E-state index in [0.717, 1.165) is 11.3 Å². The average Bonchev–Trinajstić information content (AvgIpc) is 2.27. The molecule has 2 aromatic rings. The highest BCUT2D eigenvalue weighted by atomic mass is 16.3. The molecule has 0 fully saturated rings. The number of hydrogen-bond acceptors (Lipinski definition) is 3. The molecule has 0 aliphatic heterocycles. The fourth-order valence-electron chi connectivity index (χ4n) is 1.62. The van der Waals surface area contributed by atoms with Crippen LogP contribution < -0.4 is 0 Å². The van der Waals surface area contributed by atoms with E-state index in [1.807, 2.05) is 38.1 Å². The van der Waals surface area contributed by atoms with Crippen molar-refractivity contribution in [3.8, 4) is 5.75 Å². The zero-order chi connectivity index (χ0) is 12.3. The average molecular weight is 226 g/mol. The lowest BCUT2D eigenvalue weighted by atomic mass is 10.2. The third kappa shape index (κ3) is 2.91. The number of phenols is 1. The Kier molecular flexibility index (Phi) is 3.19. The number of benzene rings is 1. The van der Waals surface area contributed by atoms with E-state index in [1.54, 1.807) is 18.3 Å². The highest BCUT2D eigenvalue weighted by molar-refractivity contribution is 5.84. The van der Waals surface area contributed by atoms with Crippen molar-refractivity contribution in [3.63, 3.8) is 0 Å². The summed E-state index contributed by atoms with van der Waals surface area (Å²) >= 11 is 0. The van der Waals surface area contributed by atoms with Gasteiger partial charge in [0, 0.05) is 17.5 Å². The first kappa shape index (κ1) is 11.3. The van der Waals surface area contributed by atoms with Crippen LogP contribution in [-0.2, 0) is 0 Å². The normalized spacial score (nSPS) is 10.9. The van der Waals surface area contributed by atoms with Gasteiger partial charge in [-0.15, -0.1) is 0 Å². The molecule has 0 saturated heterocycles. The molecule has 0 saturated carbocycles. The van der Waals surface area contributed by atoms with Crippen LogP contribution in [0.2, 0.25) is 0 Å². The van der Waals surface area contributed by atoms with Gasteiger partial charge in [0.1, 0.15) is 5.75 Å². The van der Waals surface area contributed by atoms with Crippen LogP contribution in [0.25, 0.3) is 0 Å². The molecule has 0 bridgehead atoms. The molecule has 1 heterocycles. The van der Waals surface area contributed by atoms with Crippen molar-refractivity contribution in [2.75, 3.05) is 0 Å². The number of nitrogens with zero attached hydrogens (tertiary/aromatic N) is 2. The van der Waals surface area contributed by atoms with Crippen molar-refractivity contribution in [3.05, 3.63) is 53.2 Å². The third-order valence-corrected chi connectivity index (χ3v) is 2.36. The monoisotopic (exact) mass is 226 g/mol. The molecule has 3 nitrogen and oxygen atoms in total. The van der Waals surface area contributed by atoms with Crippen LogP contribution in [0.15, 0.2) is 41.4 Å². The second-order valence-corrected chi connectivity index (χ2v) is 3.96. The number of aromatic nitrogens is 1. The van der Waals surface area contributed by atoms with Crippen LogP contribution in [0, 0.1) is 13.8 Å². The van der Waals surface area contributed by atoms with E-state index in [-0.39, 0.29) is 5.75 Å². The Balaban J connectivity index is 2.29. The molecule has 0 radical (unpaired) electrons. The second-order valence-electron chi connectivity index (χ2n) is 3.96. The first-order valence-electron chi connectivity index (χ1n) is 5.42. The van der Waals surface area contributed by atoms with Crippen LogP contribution >= 0.6 is 0 Å². The minimum Gasteiger partial charge on any atom is -0.507 e. The predicted octanol–water partition coefficient (Wildman–Crippen LogP) is 3.15. The number of aromatic hydroxyl groups is 1. The lowest BCUT2D eigenvalue weighted by Crippen LogP contribution is -1.85. The highest BCUT2D eigenvalue weighted by Gasteiger charge is 1.97. The summed E-state index contributed by atoms with van der Waals surface area (Å²) in [5.41, 5.74) is 2.75. The van der Waals surface area contributed by atoms with E-state index in [0.29, 0.717) is 11.4 Å². The van der Waals surface area contributed by atoms with E-state index in [4.69, 9.17) is 0 Å². The van der Waals surface area contributed by atoms with Gasteiger partial charge in [-0.3, -0.25) is 0 Å². The number of phenolic OH excluding ortho intramolecular Hbond substituents is 1. The summed E-state index contributed by atoms with van der Waals surface area (Å²) in [4.78, 5) is 8.56. The number of aryl methyl sites for hydroxylation is 2. The molecule has 1 aromatic carbocycles. The van der Waals surface area contributed by atoms with Gasteiger partial charge in [-0.05, 0) is 43.7 Å². The lowest BCUT2D eigenvalue weighted by Gasteiger charge is -1.99. The van der Waals surface area contributed by atoms with Crippen LogP contribution in [-0.4, -0.2) is 16.3 Å². The Morgan fingerprint density at radius 3 is 2.65 bits per heavy atom. The fourth-order valence-corrected chi connectivity index (χ4v) is 1.62. The van der Waals surface area contributed by atoms with E-state index in [2.05, 4.69) is 9.98 Å². The van der Waals surface area contributed by atoms with Crippen molar-refractivity contribution in [2.24, 2.45) is 4.99 Å². The molecular weight excluding hydrogens is 212 g/mol. The summed E-state index contributed by atoms with van der Waals surface area (Å²) in [5.74, 6) is 0.881. The molecule has 0 aliphatic carbocycles. The second kappa shape index (κ2) is 4.78. The summed E-state index contributed by atoms with van der Waals surface area (Å²) in [7, 11) is 0. The minimum absolute atomic E-state index is 0.223. The zero-order valence-electron chi connectivity index (χ0n) is 9.88. The number of para-hydroxylation sites is 1. The van der Waals surface area contributed by atoms with Crippen molar-refractivity contribution in [2.45, 2.75) is 13.8 Å². The van der Waals surface area contributed by atoms with Crippen molar-refractivity contribution < 1.29 is 5.11 Å². The first-order valence-corrected chi connectivity index (χ1v) is 5.42. The number of pyridine rings is 1. The molecule has 86 valence electrons. The third-order valence-electron chi connectivity index (χ3n) is 2.36. The lowest BCUT2D eigenvalue weighted by molar-refractivity contribution is 0.474. The topological polar surface area (TPSA) is 45.5 Å². The Bertz CT molecular complexity index is 542. The molecular formula is C14H14N2O. The molecule has 0 amide bonds. The van der Waals surface area contributed by atoms with E-state index < -0.39 is 0 Å². The number of rotatable bonds is 2. The van der Waals surface area contributed by atoms with Gasteiger partial charge < -0.3 is 5.11 Å². The quantitative estimate of drug-likeness (QED) is 0.799. The molecule has 1 N–H and O–H groups in total. The molecule has 2 rings (SSSR count). The van der Waals surface area contributed by atoms with Crippen molar-refractivity contribution in [1.29, 1.82) is 0 Å². The molecule has 1 aromatic heterocycles. The molecule has 0 atom stereocenters. The molecule has 0 spiro atoms. The Morgan fingerprint density at radius 1 is 1.18 bits per heavy atom. The summed E-state index contributed by atoms with van der Waals surface area (Å²) in [6, 6.07) is 11.0. The summed E-state index contributed by atoms with van der Waals surface area (Å²) in [6.45, 7) is 3.94. The van der Waals surface area contributed by atoms with Crippen molar-refractivity contribution in [1.82, 2.24) is 4.98 Å². The number of aliphatic imine (C=N–C) groups is 1. The maximum absolute atomic E-state index is 9.59. The molecule has 17 heavy (non-hydrogen) atoms. The molecule has 3 heteroatoms. The number of hydrogen-bond donors (Lipinski definition) is 1.